The van der Waals surface area contributed by atoms with Gasteiger partial charge in [-0.05, 0) is 55.7 Å². The molecule has 4 rings (SSSR count). The normalized spacial score (nSPS) is 27.2. The lowest BCUT2D eigenvalue weighted by atomic mass is 9.93. The van der Waals surface area contributed by atoms with Crippen LogP contribution in [0.15, 0.2) is 18.2 Å². The molecule has 98 valence electrons. The fourth-order valence-electron chi connectivity index (χ4n) is 3.76. The maximum absolute atomic E-state index is 13.6. The van der Waals surface area contributed by atoms with Crippen molar-refractivity contribution in [3.63, 3.8) is 0 Å². The van der Waals surface area contributed by atoms with Gasteiger partial charge in [-0.25, -0.2) is 4.39 Å². The van der Waals surface area contributed by atoms with Crippen LogP contribution >= 0.6 is 12.2 Å². The number of benzene rings is 1. The number of imidazole rings is 1. The van der Waals surface area contributed by atoms with Crippen LogP contribution in [-0.2, 0) is 12.0 Å². The van der Waals surface area contributed by atoms with Gasteiger partial charge in [0, 0.05) is 29.3 Å². The van der Waals surface area contributed by atoms with Crippen LogP contribution in [0, 0.1) is 24.4 Å². The summed E-state index contributed by atoms with van der Waals surface area (Å²) in [4.78, 5) is 3.23. The molecule has 0 unspecified atom stereocenters. The molecule has 0 bridgehead atoms. The Bertz CT molecular complexity index is 738. The first-order valence-corrected chi connectivity index (χ1v) is 6.99. The van der Waals surface area contributed by atoms with Crippen molar-refractivity contribution in [2.45, 2.75) is 38.1 Å². The zero-order valence-corrected chi connectivity index (χ0v) is 11.8. The summed E-state index contributed by atoms with van der Waals surface area (Å²) < 4.78 is 16.6. The molecule has 0 saturated heterocycles. The number of rotatable bonds is 1. The number of aromatic amines is 1. The third-order valence-corrected chi connectivity index (χ3v) is 5.00. The average molecular weight is 274 g/mol. The maximum Gasteiger partial charge on any atom is 0.177 e. The van der Waals surface area contributed by atoms with Crippen LogP contribution < -0.4 is 0 Å². The van der Waals surface area contributed by atoms with Gasteiger partial charge in [0.15, 0.2) is 4.77 Å². The smallest absolute Gasteiger partial charge is 0.177 e. The highest BCUT2D eigenvalue weighted by molar-refractivity contribution is 7.71. The van der Waals surface area contributed by atoms with Crippen LogP contribution in [0.2, 0.25) is 0 Å². The van der Waals surface area contributed by atoms with Gasteiger partial charge in [0.05, 0.1) is 0 Å². The van der Waals surface area contributed by atoms with E-state index in [0.717, 1.165) is 28.9 Å². The molecular formula is C15H15FN2S. The first kappa shape index (κ1) is 11.4. The number of halogens is 1. The van der Waals surface area contributed by atoms with Gasteiger partial charge in [0.1, 0.15) is 5.82 Å². The average Bonchev–Trinajstić information content (AvgIpc) is 2.83. The van der Waals surface area contributed by atoms with Crippen molar-refractivity contribution < 1.29 is 4.39 Å². The van der Waals surface area contributed by atoms with Crippen LogP contribution in [0.3, 0.4) is 0 Å². The standard InChI is InChI=1S/C15H15FN2S/c1-8-3-10(5-11(16)4-8)15-6-12(15)13-9(2)17-14(19)18(13)7-15/h3-5,12H,6-7H2,1-2H3,(H,17,19)/t12-,15+/m0/s1. The number of H-pyrrole nitrogens is 1. The Balaban J connectivity index is 1.85. The first-order chi connectivity index (χ1) is 9.01. The van der Waals surface area contributed by atoms with Crippen LogP contribution in [0.1, 0.15) is 34.9 Å². The van der Waals surface area contributed by atoms with E-state index in [4.69, 9.17) is 12.2 Å². The van der Waals surface area contributed by atoms with Gasteiger partial charge in [-0.3, -0.25) is 0 Å². The highest BCUT2D eigenvalue weighted by Crippen LogP contribution is 2.66. The van der Waals surface area contributed by atoms with Crippen molar-refractivity contribution in [1.82, 2.24) is 9.55 Å². The minimum Gasteiger partial charge on any atom is -0.335 e. The lowest BCUT2D eigenvalue weighted by Gasteiger charge is -2.14. The molecule has 1 saturated carbocycles. The summed E-state index contributed by atoms with van der Waals surface area (Å²) in [6, 6.07) is 5.41. The third-order valence-electron chi connectivity index (χ3n) is 4.68. The number of aryl methyl sites for hydroxylation is 2. The molecule has 2 heterocycles. The highest BCUT2D eigenvalue weighted by atomic mass is 32.1. The molecule has 1 aromatic carbocycles. The van der Waals surface area contributed by atoms with Gasteiger partial charge >= 0.3 is 0 Å². The summed E-state index contributed by atoms with van der Waals surface area (Å²) in [5.74, 6) is 0.370. The van der Waals surface area contributed by atoms with Gasteiger partial charge in [0.2, 0.25) is 0 Å². The molecule has 2 aliphatic rings. The predicted octanol–water partition coefficient (Wildman–Crippen LogP) is 3.74. The minimum atomic E-state index is -0.131. The van der Waals surface area contributed by atoms with Crippen LogP contribution in [0.25, 0.3) is 0 Å². The summed E-state index contributed by atoms with van der Waals surface area (Å²) in [6.45, 7) is 4.92. The molecule has 1 fully saturated rings. The molecule has 1 N–H and O–H groups in total. The first-order valence-electron chi connectivity index (χ1n) is 6.58. The van der Waals surface area contributed by atoms with E-state index < -0.39 is 0 Å². The van der Waals surface area contributed by atoms with E-state index in [2.05, 4.69) is 22.5 Å². The Labute approximate surface area is 116 Å². The van der Waals surface area contributed by atoms with Crippen molar-refractivity contribution in [3.05, 3.63) is 51.3 Å². The van der Waals surface area contributed by atoms with Gasteiger partial charge in [0.25, 0.3) is 0 Å². The molecule has 1 aliphatic carbocycles. The molecular weight excluding hydrogens is 259 g/mol. The Morgan fingerprint density at radius 2 is 2.16 bits per heavy atom. The van der Waals surface area contributed by atoms with Crippen LogP contribution in [0.5, 0.6) is 0 Å². The molecule has 1 aliphatic heterocycles. The monoisotopic (exact) mass is 274 g/mol. The van der Waals surface area contributed by atoms with E-state index in [1.165, 1.54) is 11.4 Å². The SMILES string of the molecule is Cc1cc(F)cc([C@]23C[C@H]2c2c(C)[nH]c(=S)n2C3)c1. The lowest BCUT2D eigenvalue weighted by Crippen LogP contribution is -2.13. The van der Waals surface area contributed by atoms with Gasteiger partial charge < -0.3 is 9.55 Å². The zero-order chi connectivity index (χ0) is 13.4. The molecule has 19 heavy (non-hydrogen) atoms. The van der Waals surface area contributed by atoms with E-state index in [0.29, 0.717) is 5.92 Å². The lowest BCUT2D eigenvalue weighted by molar-refractivity contribution is 0.569. The minimum absolute atomic E-state index is 0.0929. The zero-order valence-electron chi connectivity index (χ0n) is 11.0. The fraction of sp³-hybridized carbons (Fsp3) is 0.400. The Kier molecular flexibility index (Phi) is 2.02. The second-order valence-corrected chi connectivity index (χ2v) is 6.34. The molecule has 4 heteroatoms. The maximum atomic E-state index is 13.6. The van der Waals surface area contributed by atoms with E-state index in [9.17, 15) is 4.39 Å². The summed E-state index contributed by atoms with van der Waals surface area (Å²) in [5, 5.41) is 0. The fourth-order valence-corrected chi connectivity index (χ4v) is 4.08. The molecule has 1 aromatic heterocycles. The van der Waals surface area contributed by atoms with Gasteiger partial charge in [-0.2, -0.15) is 0 Å². The summed E-state index contributed by atoms with van der Waals surface area (Å²) >= 11 is 5.36. The summed E-state index contributed by atoms with van der Waals surface area (Å²) in [5.41, 5.74) is 4.71. The second-order valence-electron chi connectivity index (χ2n) is 5.96. The van der Waals surface area contributed by atoms with Crippen molar-refractivity contribution in [3.8, 4) is 0 Å². The Morgan fingerprint density at radius 1 is 1.37 bits per heavy atom. The van der Waals surface area contributed by atoms with E-state index in [1.807, 2.05) is 6.92 Å². The molecule has 2 nitrogen and oxygen atoms in total. The van der Waals surface area contributed by atoms with Crippen molar-refractivity contribution in [1.29, 1.82) is 0 Å². The topological polar surface area (TPSA) is 20.7 Å². The number of nitrogens with zero attached hydrogens (tertiary/aromatic N) is 1. The van der Waals surface area contributed by atoms with Crippen molar-refractivity contribution in [2.75, 3.05) is 0 Å². The Morgan fingerprint density at radius 3 is 2.84 bits per heavy atom. The molecule has 0 amide bonds. The van der Waals surface area contributed by atoms with Gasteiger partial charge in [-0.1, -0.05) is 6.07 Å². The van der Waals surface area contributed by atoms with Crippen molar-refractivity contribution in [2.24, 2.45) is 0 Å². The van der Waals surface area contributed by atoms with Crippen molar-refractivity contribution >= 4 is 12.2 Å². The number of nitrogens with one attached hydrogen (secondary N) is 1. The third kappa shape index (κ3) is 1.38. The van der Waals surface area contributed by atoms with Crippen LogP contribution in [0.4, 0.5) is 4.39 Å². The number of hydrogen-bond acceptors (Lipinski definition) is 1. The van der Waals surface area contributed by atoms with E-state index in [1.54, 1.807) is 12.1 Å². The number of hydrogen-bond donors (Lipinski definition) is 1. The van der Waals surface area contributed by atoms with Crippen LogP contribution in [-0.4, -0.2) is 9.55 Å². The molecule has 0 radical (unpaired) electrons. The second kappa shape index (κ2) is 3.37. The number of aromatic nitrogens is 2. The molecule has 2 atom stereocenters. The Hall–Kier alpha value is -1.42. The quantitative estimate of drug-likeness (QED) is 0.786. The van der Waals surface area contributed by atoms with E-state index >= 15 is 0 Å². The molecule has 0 spiro atoms. The highest BCUT2D eigenvalue weighted by Gasteiger charge is 2.62. The van der Waals surface area contributed by atoms with Gasteiger partial charge in [-0.15, -0.1) is 0 Å². The summed E-state index contributed by atoms with van der Waals surface area (Å²) in [7, 11) is 0. The summed E-state index contributed by atoms with van der Waals surface area (Å²) in [6.07, 6.45) is 1.11. The largest absolute Gasteiger partial charge is 0.335 e. The molecule has 2 aromatic rings. The van der Waals surface area contributed by atoms with E-state index in [-0.39, 0.29) is 11.2 Å². The number of fused-ring (bicyclic) bond motifs is 3. The predicted molar refractivity (Wildman–Crippen MR) is 74.5 cm³/mol.